The number of nitrogens with zero attached hydrogens (tertiary/aromatic N) is 1. The summed E-state index contributed by atoms with van der Waals surface area (Å²) in [5, 5.41) is 11.6. The van der Waals surface area contributed by atoms with Gasteiger partial charge in [-0.1, -0.05) is 28.4 Å². The van der Waals surface area contributed by atoms with E-state index in [0.29, 0.717) is 0 Å². The summed E-state index contributed by atoms with van der Waals surface area (Å²) in [6.45, 7) is 1.59. The van der Waals surface area contributed by atoms with Crippen LogP contribution in [0.3, 0.4) is 0 Å². The van der Waals surface area contributed by atoms with E-state index in [-0.39, 0.29) is 27.2 Å². The number of amidine groups is 1. The number of nitrogens with two attached hydrogens (primary N) is 1. The second-order valence-electron chi connectivity index (χ2n) is 3.92. The molecule has 0 spiro atoms. The number of hydrogen-bond donors (Lipinski definition) is 3. The molecule has 9 heteroatoms. The molecule has 19 heavy (non-hydrogen) atoms. The van der Waals surface area contributed by atoms with Gasteiger partial charge >= 0.3 is 0 Å². The number of halogens is 2. The average molecular weight is 326 g/mol. The summed E-state index contributed by atoms with van der Waals surface area (Å²) in [5.74, 6) is -0.0701. The minimum atomic E-state index is -3.77. The Hall–Kier alpha value is -1.02. The van der Waals surface area contributed by atoms with Crippen molar-refractivity contribution in [1.29, 1.82) is 0 Å². The molecule has 1 aromatic rings. The molecule has 0 aliphatic rings. The number of nitrogens with one attached hydrogen (secondary N) is 1. The highest BCUT2D eigenvalue weighted by Crippen LogP contribution is 2.22. The van der Waals surface area contributed by atoms with Crippen LogP contribution in [0.5, 0.6) is 0 Å². The van der Waals surface area contributed by atoms with E-state index < -0.39 is 16.1 Å². The van der Waals surface area contributed by atoms with Crippen LogP contribution >= 0.6 is 23.2 Å². The maximum absolute atomic E-state index is 12.0. The van der Waals surface area contributed by atoms with Crippen LogP contribution in [0.2, 0.25) is 10.0 Å². The number of rotatable bonds is 5. The Morgan fingerprint density at radius 1 is 1.42 bits per heavy atom. The molecule has 1 aromatic carbocycles. The molecule has 106 valence electrons. The highest BCUT2D eigenvalue weighted by Gasteiger charge is 2.19. The molecule has 0 heterocycles. The van der Waals surface area contributed by atoms with E-state index in [1.165, 1.54) is 18.2 Å². The van der Waals surface area contributed by atoms with Crippen molar-refractivity contribution in [3.63, 3.8) is 0 Å². The maximum Gasteiger partial charge on any atom is 0.240 e. The van der Waals surface area contributed by atoms with Crippen LogP contribution in [0.25, 0.3) is 0 Å². The van der Waals surface area contributed by atoms with Crippen LogP contribution < -0.4 is 10.5 Å². The second kappa shape index (κ2) is 6.42. The van der Waals surface area contributed by atoms with Crippen molar-refractivity contribution in [2.75, 3.05) is 0 Å². The summed E-state index contributed by atoms with van der Waals surface area (Å²) in [6.07, 6.45) is 0.0734. The van der Waals surface area contributed by atoms with Gasteiger partial charge in [-0.2, -0.15) is 0 Å². The number of sulfonamides is 1. The molecule has 6 nitrogen and oxygen atoms in total. The van der Waals surface area contributed by atoms with E-state index in [1.807, 2.05) is 0 Å². The van der Waals surface area contributed by atoms with Crippen molar-refractivity contribution in [3.8, 4) is 0 Å². The molecule has 0 fully saturated rings. The van der Waals surface area contributed by atoms with E-state index >= 15 is 0 Å². The quantitative estimate of drug-likeness (QED) is 0.332. The predicted molar refractivity (Wildman–Crippen MR) is 74.3 cm³/mol. The van der Waals surface area contributed by atoms with Crippen molar-refractivity contribution >= 4 is 39.1 Å². The number of oxime groups is 1. The lowest BCUT2D eigenvalue weighted by molar-refractivity contribution is 0.316. The first kappa shape index (κ1) is 16.0. The highest BCUT2D eigenvalue weighted by molar-refractivity contribution is 7.89. The van der Waals surface area contributed by atoms with Gasteiger partial charge < -0.3 is 10.9 Å². The molecule has 0 saturated carbocycles. The van der Waals surface area contributed by atoms with Gasteiger partial charge in [0.2, 0.25) is 10.0 Å². The zero-order valence-electron chi connectivity index (χ0n) is 9.97. The first-order chi connectivity index (χ1) is 8.74. The Kier molecular flexibility index (Phi) is 5.42. The molecular formula is C10H13Cl2N3O3S. The Bertz CT molecular complexity index is 569. The van der Waals surface area contributed by atoms with Crippen LogP contribution in [0.1, 0.15) is 13.3 Å². The van der Waals surface area contributed by atoms with Gasteiger partial charge in [-0.05, 0) is 25.1 Å². The lowest BCUT2D eigenvalue weighted by atomic mass is 10.2. The molecule has 0 aliphatic carbocycles. The number of benzene rings is 1. The van der Waals surface area contributed by atoms with E-state index in [1.54, 1.807) is 6.92 Å². The summed E-state index contributed by atoms with van der Waals surface area (Å²) in [6, 6.07) is 3.46. The lowest BCUT2D eigenvalue weighted by Crippen LogP contribution is -2.35. The first-order valence-electron chi connectivity index (χ1n) is 5.19. The Balaban J connectivity index is 2.92. The van der Waals surface area contributed by atoms with Crippen LogP contribution in [0, 0.1) is 0 Å². The predicted octanol–water partition coefficient (Wildman–Crippen LogP) is 1.80. The largest absolute Gasteiger partial charge is 0.409 e. The van der Waals surface area contributed by atoms with E-state index in [4.69, 9.17) is 34.1 Å². The summed E-state index contributed by atoms with van der Waals surface area (Å²) in [7, 11) is -3.77. The molecule has 1 rings (SSSR count). The van der Waals surface area contributed by atoms with Crippen molar-refractivity contribution in [1.82, 2.24) is 4.72 Å². The monoisotopic (exact) mass is 325 g/mol. The van der Waals surface area contributed by atoms with Gasteiger partial charge in [0.15, 0.2) is 0 Å². The standard InChI is InChI=1S/C10H13Cl2N3O3S/c1-6(2-10(13)14-16)15-19(17,18)9-4-7(11)3-8(12)5-9/h3-6,15-16H,2H2,1H3,(H2,13,14). The summed E-state index contributed by atoms with van der Waals surface area (Å²) in [4.78, 5) is -0.0450. The van der Waals surface area contributed by atoms with Gasteiger partial charge in [-0.25, -0.2) is 13.1 Å². The average Bonchev–Trinajstić information content (AvgIpc) is 2.26. The second-order valence-corrected chi connectivity index (χ2v) is 6.51. The van der Waals surface area contributed by atoms with Crippen LogP contribution in [0.15, 0.2) is 28.3 Å². The fourth-order valence-electron chi connectivity index (χ4n) is 1.41. The zero-order chi connectivity index (χ0) is 14.6. The third-order valence-electron chi connectivity index (χ3n) is 2.15. The summed E-state index contributed by atoms with van der Waals surface area (Å²) >= 11 is 11.5. The Labute approximate surface area is 121 Å². The van der Waals surface area contributed by atoms with Crippen molar-refractivity contribution in [2.24, 2.45) is 10.9 Å². The van der Waals surface area contributed by atoms with E-state index in [2.05, 4.69) is 9.88 Å². The smallest absolute Gasteiger partial charge is 0.240 e. The van der Waals surface area contributed by atoms with Gasteiger partial charge in [0.25, 0.3) is 0 Å². The minimum absolute atomic E-state index is 0.0450. The molecule has 1 unspecified atom stereocenters. The van der Waals surface area contributed by atoms with Gasteiger partial charge in [0.1, 0.15) is 5.84 Å². The van der Waals surface area contributed by atoms with Crippen molar-refractivity contribution in [3.05, 3.63) is 28.2 Å². The van der Waals surface area contributed by atoms with Gasteiger partial charge in [0, 0.05) is 22.5 Å². The minimum Gasteiger partial charge on any atom is -0.409 e. The Morgan fingerprint density at radius 3 is 2.42 bits per heavy atom. The summed E-state index contributed by atoms with van der Waals surface area (Å²) in [5.41, 5.74) is 5.30. The first-order valence-corrected chi connectivity index (χ1v) is 7.43. The molecule has 0 radical (unpaired) electrons. The van der Waals surface area contributed by atoms with E-state index in [9.17, 15) is 8.42 Å². The SMILES string of the molecule is CC(CC(N)=NO)NS(=O)(=O)c1cc(Cl)cc(Cl)c1. The number of hydrogen-bond acceptors (Lipinski definition) is 4. The van der Waals surface area contributed by atoms with Crippen LogP contribution in [-0.4, -0.2) is 25.5 Å². The maximum atomic E-state index is 12.0. The molecule has 0 bridgehead atoms. The lowest BCUT2D eigenvalue weighted by Gasteiger charge is -2.13. The van der Waals surface area contributed by atoms with Crippen molar-refractivity contribution in [2.45, 2.75) is 24.3 Å². The molecule has 0 aromatic heterocycles. The normalized spacial score (nSPS) is 14.4. The molecule has 4 N–H and O–H groups in total. The molecule has 0 saturated heterocycles. The third kappa shape index (κ3) is 4.87. The fourth-order valence-corrected chi connectivity index (χ4v) is 3.38. The Morgan fingerprint density at radius 2 is 1.95 bits per heavy atom. The molecule has 0 aliphatic heterocycles. The topological polar surface area (TPSA) is 105 Å². The van der Waals surface area contributed by atoms with E-state index in [0.717, 1.165) is 0 Å². The molecular weight excluding hydrogens is 313 g/mol. The zero-order valence-corrected chi connectivity index (χ0v) is 12.3. The molecule has 0 amide bonds. The van der Waals surface area contributed by atoms with Gasteiger partial charge in [0.05, 0.1) is 4.90 Å². The third-order valence-corrected chi connectivity index (χ3v) is 4.15. The molecule has 1 atom stereocenters. The highest BCUT2D eigenvalue weighted by atomic mass is 35.5. The van der Waals surface area contributed by atoms with Crippen LogP contribution in [-0.2, 0) is 10.0 Å². The van der Waals surface area contributed by atoms with Crippen molar-refractivity contribution < 1.29 is 13.6 Å². The van der Waals surface area contributed by atoms with Crippen LogP contribution in [0.4, 0.5) is 0 Å². The van der Waals surface area contributed by atoms with Gasteiger partial charge in [-0.15, -0.1) is 0 Å². The summed E-state index contributed by atoms with van der Waals surface area (Å²) < 4.78 is 26.5. The van der Waals surface area contributed by atoms with Gasteiger partial charge in [-0.3, -0.25) is 0 Å². The fraction of sp³-hybridized carbons (Fsp3) is 0.300.